The third-order valence-corrected chi connectivity index (χ3v) is 6.43. The minimum absolute atomic E-state index is 0.0564. The van der Waals surface area contributed by atoms with Crippen LogP contribution < -0.4 is 15.8 Å². The molecule has 0 bridgehead atoms. The SMILES string of the molecule is NC(=O)C1CCCN(Cc2ccc(NC(=O)C=Cc3cccc(OC4CCCC4)c3)cc2)C1. The topological polar surface area (TPSA) is 84.7 Å². The van der Waals surface area contributed by atoms with Gasteiger partial charge < -0.3 is 15.8 Å². The van der Waals surface area contributed by atoms with Gasteiger partial charge in [0.25, 0.3) is 0 Å². The minimum Gasteiger partial charge on any atom is -0.490 e. The molecule has 2 aromatic rings. The molecular weight excluding hydrogens is 414 g/mol. The van der Waals surface area contributed by atoms with Crippen LogP contribution >= 0.6 is 0 Å². The van der Waals surface area contributed by atoms with Crippen molar-refractivity contribution >= 4 is 23.6 Å². The van der Waals surface area contributed by atoms with Gasteiger partial charge in [0.2, 0.25) is 11.8 Å². The van der Waals surface area contributed by atoms with Crippen LogP contribution in [0.4, 0.5) is 5.69 Å². The Morgan fingerprint density at radius 3 is 2.61 bits per heavy atom. The summed E-state index contributed by atoms with van der Waals surface area (Å²) in [6.07, 6.45) is 10.2. The van der Waals surface area contributed by atoms with Gasteiger partial charge in [0, 0.05) is 24.9 Å². The molecule has 1 aliphatic carbocycles. The average Bonchev–Trinajstić information content (AvgIpc) is 3.32. The van der Waals surface area contributed by atoms with Crippen LogP contribution in [0.2, 0.25) is 0 Å². The first kappa shape index (κ1) is 23.1. The van der Waals surface area contributed by atoms with Crippen molar-refractivity contribution in [3.05, 3.63) is 65.7 Å². The summed E-state index contributed by atoms with van der Waals surface area (Å²) in [5.74, 6) is 0.416. The summed E-state index contributed by atoms with van der Waals surface area (Å²) in [4.78, 5) is 26.1. The van der Waals surface area contributed by atoms with Crippen molar-refractivity contribution < 1.29 is 14.3 Å². The Hall–Kier alpha value is -3.12. The average molecular weight is 448 g/mol. The van der Waals surface area contributed by atoms with Crippen LogP contribution in [0.1, 0.15) is 49.7 Å². The number of hydrogen-bond acceptors (Lipinski definition) is 4. The lowest BCUT2D eigenvalue weighted by Gasteiger charge is -2.31. The van der Waals surface area contributed by atoms with Crippen molar-refractivity contribution in [1.82, 2.24) is 4.90 Å². The fourth-order valence-corrected chi connectivity index (χ4v) is 4.63. The predicted octanol–water partition coefficient (Wildman–Crippen LogP) is 4.36. The van der Waals surface area contributed by atoms with E-state index >= 15 is 0 Å². The molecule has 6 nitrogen and oxygen atoms in total. The molecule has 2 amide bonds. The Morgan fingerprint density at radius 2 is 1.85 bits per heavy atom. The Morgan fingerprint density at radius 1 is 1.06 bits per heavy atom. The summed E-state index contributed by atoms with van der Waals surface area (Å²) in [5.41, 5.74) is 8.31. The lowest BCUT2D eigenvalue weighted by atomic mass is 9.97. The van der Waals surface area contributed by atoms with E-state index in [1.165, 1.54) is 12.8 Å². The zero-order valence-corrected chi connectivity index (χ0v) is 19.0. The van der Waals surface area contributed by atoms with Crippen LogP contribution in [0.5, 0.6) is 5.75 Å². The van der Waals surface area contributed by atoms with Gasteiger partial charge in [0.05, 0.1) is 12.0 Å². The predicted molar refractivity (Wildman–Crippen MR) is 131 cm³/mol. The molecule has 1 aliphatic heterocycles. The third kappa shape index (κ3) is 6.93. The molecule has 0 spiro atoms. The Kier molecular flexibility index (Phi) is 7.79. The second-order valence-electron chi connectivity index (χ2n) is 9.09. The maximum absolute atomic E-state index is 12.4. The van der Waals surface area contributed by atoms with E-state index in [2.05, 4.69) is 10.2 Å². The molecule has 0 aromatic heterocycles. The molecule has 4 rings (SSSR count). The molecule has 1 atom stereocenters. The maximum Gasteiger partial charge on any atom is 0.248 e. The van der Waals surface area contributed by atoms with E-state index in [1.807, 2.05) is 48.5 Å². The third-order valence-electron chi connectivity index (χ3n) is 6.43. The second kappa shape index (κ2) is 11.1. The molecular formula is C27H33N3O3. The first-order valence-corrected chi connectivity index (χ1v) is 11.9. The van der Waals surface area contributed by atoms with Gasteiger partial charge in [-0.1, -0.05) is 24.3 Å². The number of benzene rings is 2. The fourth-order valence-electron chi connectivity index (χ4n) is 4.63. The first-order valence-electron chi connectivity index (χ1n) is 11.9. The fraction of sp³-hybridized carbons (Fsp3) is 0.407. The zero-order chi connectivity index (χ0) is 23.0. The van der Waals surface area contributed by atoms with Gasteiger partial charge in [0.1, 0.15) is 5.75 Å². The number of amides is 2. The number of ether oxygens (including phenoxy) is 1. The quantitative estimate of drug-likeness (QED) is 0.589. The van der Waals surface area contributed by atoms with Crippen molar-refractivity contribution in [3.8, 4) is 5.75 Å². The van der Waals surface area contributed by atoms with E-state index in [-0.39, 0.29) is 17.7 Å². The summed E-state index contributed by atoms with van der Waals surface area (Å²) in [7, 11) is 0. The number of nitrogens with one attached hydrogen (secondary N) is 1. The van der Waals surface area contributed by atoms with E-state index < -0.39 is 0 Å². The smallest absolute Gasteiger partial charge is 0.248 e. The van der Waals surface area contributed by atoms with Gasteiger partial charge in [-0.25, -0.2) is 0 Å². The normalized spacial score (nSPS) is 19.6. The highest BCUT2D eigenvalue weighted by molar-refractivity contribution is 6.01. The van der Waals surface area contributed by atoms with Crippen LogP contribution in [0.3, 0.4) is 0 Å². The van der Waals surface area contributed by atoms with Gasteiger partial charge in [-0.3, -0.25) is 14.5 Å². The molecule has 174 valence electrons. The largest absolute Gasteiger partial charge is 0.490 e. The molecule has 2 fully saturated rings. The molecule has 0 radical (unpaired) electrons. The number of carbonyl (C=O) groups is 2. The van der Waals surface area contributed by atoms with Crippen LogP contribution in [0.15, 0.2) is 54.6 Å². The molecule has 1 saturated heterocycles. The lowest BCUT2D eigenvalue weighted by Crippen LogP contribution is -2.40. The van der Waals surface area contributed by atoms with Gasteiger partial charge in [0.15, 0.2) is 0 Å². The van der Waals surface area contributed by atoms with Crippen LogP contribution in [0, 0.1) is 5.92 Å². The monoisotopic (exact) mass is 447 g/mol. The van der Waals surface area contributed by atoms with Crippen molar-refractivity contribution in [2.75, 3.05) is 18.4 Å². The standard InChI is InChI=1S/C27H33N3O3/c28-27(32)22-6-4-16-30(19-22)18-21-10-13-23(14-11-21)29-26(31)15-12-20-5-3-9-25(17-20)33-24-7-1-2-8-24/h3,5,9-15,17,22,24H,1-2,4,6-8,16,18-19H2,(H2,28,32)(H,29,31). The summed E-state index contributed by atoms with van der Waals surface area (Å²) >= 11 is 0. The molecule has 1 saturated carbocycles. The number of likely N-dealkylation sites (tertiary alicyclic amines) is 1. The lowest BCUT2D eigenvalue weighted by molar-refractivity contribution is -0.123. The molecule has 33 heavy (non-hydrogen) atoms. The van der Waals surface area contributed by atoms with Crippen LogP contribution in [-0.4, -0.2) is 35.9 Å². The van der Waals surface area contributed by atoms with E-state index in [4.69, 9.17) is 10.5 Å². The zero-order valence-electron chi connectivity index (χ0n) is 19.0. The van der Waals surface area contributed by atoms with Crippen molar-refractivity contribution in [3.63, 3.8) is 0 Å². The maximum atomic E-state index is 12.4. The van der Waals surface area contributed by atoms with Crippen molar-refractivity contribution in [2.24, 2.45) is 11.7 Å². The molecule has 3 N–H and O–H groups in total. The number of rotatable bonds is 8. The van der Waals surface area contributed by atoms with E-state index in [9.17, 15) is 9.59 Å². The first-order chi connectivity index (χ1) is 16.0. The number of piperidine rings is 1. The van der Waals surface area contributed by atoms with Gasteiger partial charge in [-0.2, -0.15) is 0 Å². The van der Waals surface area contributed by atoms with Gasteiger partial charge in [-0.05, 0) is 86.5 Å². The Labute approximate surface area is 195 Å². The molecule has 2 aliphatic rings. The number of carbonyl (C=O) groups excluding carboxylic acids is 2. The Balaban J connectivity index is 1.27. The number of hydrogen-bond donors (Lipinski definition) is 2. The van der Waals surface area contributed by atoms with E-state index in [0.717, 1.165) is 61.3 Å². The van der Waals surface area contributed by atoms with Gasteiger partial charge in [-0.15, -0.1) is 0 Å². The molecule has 2 aromatic carbocycles. The highest BCUT2D eigenvalue weighted by atomic mass is 16.5. The number of nitrogens with zero attached hydrogens (tertiary/aromatic N) is 1. The second-order valence-corrected chi connectivity index (χ2v) is 9.09. The molecule has 6 heteroatoms. The highest BCUT2D eigenvalue weighted by Gasteiger charge is 2.23. The number of anilines is 1. The van der Waals surface area contributed by atoms with E-state index in [0.29, 0.717) is 12.6 Å². The Bertz CT molecular complexity index is 980. The van der Waals surface area contributed by atoms with Crippen molar-refractivity contribution in [1.29, 1.82) is 0 Å². The van der Waals surface area contributed by atoms with Gasteiger partial charge >= 0.3 is 0 Å². The number of nitrogens with two attached hydrogens (primary N) is 1. The summed E-state index contributed by atoms with van der Waals surface area (Å²) in [6.45, 7) is 2.46. The summed E-state index contributed by atoms with van der Waals surface area (Å²) in [5, 5.41) is 2.91. The molecule has 1 heterocycles. The van der Waals surface area contributed by atoms with Crippen LogP contribution in [0.25, 0.3) is 6.08 Å². The van der Waals surface area contributed by atoms with Crippen molar-refractivity contribution in [2.45, 2.75) is 51.2 Å². The number of primary amides is 1. The van der Waals surface area contributed by atoms with Crippen LogP contribution in [-0.2, 0) is 16.1 Å². The summed E-state index contributed by atoms with van der Waals surface area (Å²) < 4.78 is 6.04. The van der Waals surface area contributed by atoms with E-state index in [1.54, 1.807) is 12.2 Å². The highest BCUT2D eigenvalue weighted by Crippen LogP contribution is 2.25. The summed E-state index contributed by atoms with van der Waals surface area (Å²) in [6, 6.07) is 15.7. The minimum atomic E-state index is -0.209. The molecule has 1 unspecified atom stereocenters.